The maximum absolute atomic E-state index is 14.1. The molecule has 0 bridgehead atoms. The molecule has 1 aliphatic heterocycles. The molecule has 1 saturated heterocycles. The zero-order chi connectivity index (χ0) is 21.8. The quantitative estimate of drug-likeness (QED) is 0.656. The van der Waals surface area contributed by atoms with Gasteiger partial charge in [-0.1, -0.05) is 0 Å². The van der Waals surface area contributed by atoms with Gasteiger partial charge in [-0.15, -0.1) is 0 Å². The van der Waals surface area contributed by atoms with Crippen LogP contribution in [0.5, 0.6) is 5.75 Å². The lowest BCUT2D eigenvalue weighted by Gasteiger charge is -2.17. The van der Waals surface area contributed by atoms with E-state index in [4.69, 9.17) is 4.74 Å². The highest BCUT2D eigenvalue weighted by atomic mass is 19.1. The average Bonchev–Trinajstić information content (AvgIpc) is 3.15. The first-order valence-corrected chi connectivity index (χ1v) is 9.54. The Labute approximate surface area is 176 Å². The fourth-order valence-corrected chi connectivity index (χ4v) is 3.28. The number of hydrogen-bond acceptors (Lipinski definition) is 5. The Hall–Kier alpha value is -3.88. The van der Waals surface area contributed by atoms with Crippen LogP contribution < -0.4 is 15.0 Å². The van der Waals surface area contributed by atoms with E-state index in [9.17, 15) is 18.4 Å². The summed E-state index contributed by atoms with van der Waals surface area (Å²) >= 11 is 0. The van der Waals surface area contributed by atoms with E-state index in [1.165, 1.54) is 12.3 Å². The van der Waals surface area contributed by atoms with Crippen molar-refractivity contribution in [1.82, 2.24) is 9.97 Å². The highest BCUT2D eigenvalue weighted by Crippen LogP contribution is 2.29. The Balaban J connectivity index is 1.43. The number of aromatic nitrogens is 2. The van der Waals surface area contributed by atoms with Crippen LogP contribution in [-0.4, -0.2) is 28.3 Å². The summed E-state index contributed by atoms with van der Waals surface area (Å²) in [5.74, 6) is -2.57. The van der Waals surface area contributed by atoms with Gasteiger partial charge in [0.2, 0.25) is 11.8 Å². The van der Waals surface area contributed by atoms with Gasteiger partial charge in [-0.2, -0.15) is 0 Å². The van der Waals surface area contributed by atoms with Crippen LogP contribution in [0.4, 0.5) is 20.3 Å². The number of pyridine rings is 2. The number of benzene rings is 1. The number of amides is 2. The molecule has 7 nitrogen and oxygen atoms in total. The van der Waals surface area contributed by atoms with Gasteiger partial charge in [0.25, 0.3) is 0 Å². The Bertz CT molecular complexity index is 1110. The zero-order valence-corrected chi connectivity index (χ0v) is 16.3. The topological polar surface area (TPSA) is 84.4 Å². The van der Waals surface area contributed by atoms with Crippen LogP contribution in [0.15, 0.2) is 61.1 Å². The second-order valence-corrected chi connectivity index (χ2v) is 6.98. The fraction of sp³-hybridized carbons (Fsp3) is 0.182. The highest BCUT2D eigenvalue weighted by Gasteiger charge is 2.36. The lowest BCUT2D eigenvalue weighted by atomic mass is 10.1. The second kappa shape index (κ2) is 8.86. The Morgan fingerprint density at radius 3 is 2.74 bits per heavy atom. The first-order chi connectivity index (χ1) is 15.0. The summed E-state index contributed by atoms with van der Waals surface area (Å²) in [4.78, 5) is 34.4. The van der Waals surface area contributed by atoms with Gasteiger partial charge in [0, 0.05) is 37.6 Å². The molecule has 3 aromatic rings. The van der Waals surface area contributed by atoms with Crippen LogP contribution in [0.25, 0.3) is 0 Å². The molecule has 0 radical (unpaired) electrons. The van der Waals surface area contributed by atoms with Gasteiger partial charge in [0.05, 0.1) is 11.6 Å². The molecule has 31 heavy (non-hydrogen) atoms. The molecule has 0 spiro atoms. The molecule has 2 amide bonds. The predicted molar refractivity (Wildman–Crippen MR) is 108 cm³/mol. The number of nitrogens with zero attached hydrogens (tertiary/aromatic N) is 3. The van der Waals surface area contributed by atoms with E-state index in [1.807, 2.05) is 12.1 Å². The minimum atomic E-state index is -0.856. The van der Waals surface area contributed by atoms with Crippen LogP contribution in [0.1, 0.15) is 12.0 Å². The lowest BCUT2D eigenvalue weighted by Crippen LogP contribution is -2.29. The summed E-state index contributed by atoms with van der Waals surface area (Å²) in [6.45, 7) is 0.240. The third-order valence-electron chi connectivity index (χ3n) is 4.85. The third-order valence-corrected chi connectivity index (χ3v) is 4.85. The van der Waals surface area contributed by atoms with Gasteiger partial charge in [-0.3, -0.25) is 14.6 Å². The largest absolute Gasteiger partial charge is 0.485 e. The van der Waals surface area contributed by atoms with E-state index in [0.29, 0.717) is 11.8 Å². The lowest BCUT2D eigenvalue weighted by molar-refractivity contribution is -0.122. The van der Waals surface area contributed by atoms with Gasteiger partial charge in [0.1, 0.15) is 18.2 Å². The van der Waals surface area contributed by atoms with Crippen molar-refractivity contribution in [3.63, 3.8) is 0 Å². The zero-order valence-electron chi connectivity index (χ0n) is 16.3. The molecule has 1 aliphatic rings. The van der Waals surface area contributed by atoms with E-state index in [-0.39, 0.29) is 31.1 Å². The normalized spacial score (nSPS) is 15.7. The van der Waals surface area contributed by atoms with Crippen molar-refractivity contribution in [3.8, 4) is 5.75 Å². The number of carbonyl (C=O) groups is 2. The maximum Gasteiger partial charge on any atom is 0.231 e. The van der Waals surface area contributed by atoms with Crippen LogP contribution in [-0.2, 0) is 16.2 Å². The molecule has 0 saturated carbocycles. The average molecular weight is 424 g/mol. The molecule has 1 fully saturated rings. The Morgan fingerprint density at radius 1 is 1.16 bits per heavy atom. The number of hydrogen-bond donors (Lipinski definition) is 1. The molecule has 2 aromatic heterocycles. The van der Waals surface area contributed by atoms with Crippen LogP contribution in [0.2, 0.25) is 0 Å². The molecule has 9 heteroatoms. The summed E-state index contributed by atoms with van der Waals surface area (Å²) < 4.78 is 33.0. The molecule has 4 rings (SSSR count). The van der Waals surface area contributed by atoms with Crippen molar-refractivity contribution in [2.24, 2.45) is 5.92 Å². The van der Waals surface area contributed by atoms with E-state index in [2.05, 4.69) is 15.3 Å². The van der Waals surface area contributed by atoms with Crippen LogP contribution in [0, 0.1) is 17.6 Å². The molecule has 1 unspecified atom stereocenters. The summed E-state index contributed by atoms with van der Waals surface area (Å²) in [5.41, 5.74) is 0.843. The number of ether oxygens (including phenoxy) is 1. The molecule has 1 atom stereocenters. The molecular formula is C22H18F2N4O3. The number of halogens is 2. The number of anilines is 2. The summed E-state index contributed by atoms with van der Waals surface area (Å²) in [6, 6.07) is 9.92. The minimum Gasteiger partial charge on any atom is -0.485 e. The van der Waals surface area contributed by atoms with Gasteiger partial charge in [-0.25, -0.2) is 13.8 Å². The summed E-state index contributed by atoms with van der Waals surface area (Å²) in [5, 5.41) is 2.69. The van der Waals surface area contributed by atoms with Crippen LogP contribution in [0.3, 0.4) is 0 Å². The standard InChI is InChI=1S/C22H18F2N4O3/c23-16-3-4-18(17(24)11-16)28-12-15(10-20(28)29)22(30)27-21-19(2-1-7-26-21)31-13-14-5-8-25-9-6-14/h1-9,11,15H,10,12-13H2,(H,26,27,30). The second-order valence-electron chi connectivity index (χ2n) is 6.98. The summed E-state index contributed by atoms with van der Waals surface area (Å²) in [6.07, 6.45) is 4.71. The van der Waals surface area contributed by atoms with Crippen molar-refractivity contribution in [3.05, 3.63) is 78.3 Å². The maximum atomic E-state index is 14.1. The van der Waals surface area contributed by atoms with E-state index < -0.39 is 29.4 Å². The SMILES string of the molecule is O=C(Nc1ncccc1OCc1ccncc1)C1CC(=O)N(c2ccc(F)cc2F)C1. The van der Waals surface area contributed by atoms with E-state index in [0.717, 1.165) is 16.5 Å². The Morgan fingerprint density at radius 2 is 1.97 bits per heavy atom. The third kappa shape index (κ3) is 4.66. The molecular weight excluding hydrogens is 406 g/mol. The van der Waals surface area contributed by atoms with E-state index >= 15 is 0 Å². The van der Waals surface area contributed by atoms with E-state index in [1.54, 1.807) is 24.5 Å². The molecule has 1 N–H and O–H groups in total. The van der Waals surface area contributed by atoms with Gasteiger partial charge in [0.15, 0.2) is 11.6 Å². The molecule has 3 heterocycles. The number of nitrogens with one attached hydrogen (secondary N) is 1. The molecule has 1 aromatic carbocycles. The molecule has 158 valence electrons. The van der Waals surface area contributed by atoms with Gasteiger partial charge in [-0.05, 0) is 42.0 Å². The number of rotatable bonds is 6. The van der Waals surface area contributed by atoms with Gasteiger partial charge >= 0.3 is 0 Å². The first kappa shape index (κ1) is 20.4. The fourth-order valence-electron chi connectivity index (χ4n) is 3.28. The number of carbonyl (C=O) groups excluding carboxylic acids is 2. The Kier molecular flexibility index (Phi) is 5.83. The van der Waals surface area contributed by atoms with Crippen LogP contribution >= 0.6 is 0 Å². The van der Waals surface area contributed by atoms with Crippen molar-refractivity contribution < 1.29 is 23.1 Å². The van der Waals surface area contributed by atoms with Crippen molar-refractivity contribution in [2.45, 2.75) is 13.0 Å². The smallest absolute Gasteiger partial charge is 0.231 e. The first-order valence-electron chi connectivity index (χ1n) is 9.54. The van der Waals surface area contributed by atoms with Crippen molar-refractivity contribution in [2.75, 3.05) is 16.8 Å². The monoisotopic (exact) mass is 424 g/mol. The van der Waals surface area contributed by atoms with Crippen molar-refractivity contribution >= 4 is 23.3 Å². The molecule has 0 aliphatic carbocycles. The summed E-state index contributed by atoms with van der Waals surface area (Å²) in [7, 11) is 0. The predicted octanol–water partition coefficient (Wildman–Crippen LogP) is 3.33. The van der Waals surface area contributed by atoms with Gasteiger partial charge < -0.3 is 15.0 Å². The minimum absolute atomic E-state index is 0.0206. The highest BCUT2D eigenvalue weighted by molar-refractivity contribution is 6.03. The van der Waals surface area contributed by atoms with Crippen molar-refractivity contribution in [1.29, 1.82) is 0 Å².